The molecule has 0 aromatic heterocycles. The van der Waals surface area contributed by atoms with Crippen LogP contribution in [-0.4, -0.2) is 25.3 Å². The summed E-state index contributed by atoms with van der Waals surface area (Å²) in [6.45, 7) is 0. The van der Waals surface area contributed by atoms with Gasteiger partial charge in [0.05, 0.1) is 18.4 Å². The van der Waals surface area contributed by atoms with Crippen molar-refractivity contribution in [1.29, 1.82) is 0 Å². The van der Waals surface area contributed by atoms with E-state index < -0.39 is 24.0 Å². The molecule has 0 heterocycles. The molecule has 5 nitrogen and oxygen atoms in total. The van der Waals surface area contributed by atoms with E-state index in [4.69, 9.17) is 0 Å². The average Bonchev–Trinajstić information content (AvgIpc) is 2.55. The van der Waals surface area contributed by atoms with E-state index >= 15 is 0 Å². The van der Waals surface area contributed by atoms with E-state index in [1.54, 1.807) is 0 Å². The number of anilines is 1. The molecule has 0 aliphatic carbocycles. The zero-order valence-electron chi connectivity index (χ0n) is 12.7. The number of ether oxygens (including phenoxy) is 2. The normalized spacial score (nSPS) is 10.9. The third-order valence-corrected chi connectivity index (χ3v) is 3.48. The van der Waals surface area contributed by atoms with Crippen molar-refractivity contribution in [3.05, 3.63) is 58.1 Å². The van der Waals surface area contributed by atoms with Gasteiger partial charge in [0.2, 0.25) is 0 Å². The van der Waals surface area contributed by atoms with Gasteiger partial charge in [0.25, 0.3) is 5.91 Å². The number of halogens is 4. The lowest BCUT2D eigenvalue weighted by Crippen LogP contribution is -2.19. The Morgan fingerprint density at radius 2 is 1.64 bits per heavy atom. The number of nitrogens with one attached hydrogen (secondary N) is 1. The summed E-state index contributed by atoms with van der Waals surface area (Å²) in [7, 11) is 1.22. The predicted octanol–water partition coefficient (Wildman–Crippen LogP) is 4.39. The van der Waals surface area contributed by atoms with Gasteiger partial charge in [-0.15, -0.1) is 13.2 Å². The number of rotatable bonds is 4. The first-order valence-electron chi connectivity index (χ1n) is 6.74. The summed E-state index contributed by atoms with van der Waals surface area (Å²) in [5, 5.41) is 2.34. The van der Waals surface area contributed by atoms with Gasteiger partial charge in [0, 0.05) is 10.0 Å². The summed E-state index contributed by atoms with van der Waals surface area (Å²) in [6.07, 6.45) is -4.90. The molecule has 0 spiro atoms. The van der Waals surface area contributed by atoms with Gasteiger partial charge < -0.3 is 14.8 Å². The van der Waals surface area contributed by atoms with E-state index in [0.29, 0.717) is 4.47 Å². The highest BCUT2D eigenvalue weighted by Gasteiger charge is 2.32. The topological polar surface area (TPSA) is 64.6 Å². The maximum Gasteiger partial charge on any atom is 0.573 e. The van der Waals surface area contributed by atoms with Crippen molar-refractivity contribution in [2.24, 2.45) is 0 Å². The number of hydrogen-bond acceptors (Lipinski definition) is 4. The van der Waals surface area contributed by atoms with E-state index in [2.05, 4.69) is 30.7 Å². The largest absolute Gasteiger partial charge is 0.573 e. The number of esters is 1. The number of carbonyl (C=O) groups is 2. The highest BCUT2D eigenvalue weighted by molar-refractivity contribution is 9.10. The molecule has 1 amide bonds. The lowest BCUT2D eigenvalue weighted by Gasteiger charge is -2.14. The zero-order chi connectivity index (χ0) is 18.6. The quantitative estimate of drug-likeness (QED) is 0.749. The number of alkyl halides is 3. The Morgan fingerprint density at radius 1 is 1.04 bits per heavy atom. The second kappa shape index (κ2) is 7.56. The van der Waals surface area contributed by atoms with Gasteiger partial charge >= 0.3 is 12.3 Å². The first-order valence-corrected chi connectivity index (χ1v) is 7.54. The third kappa shape index (κ3) is 5.21. The van der Waals surface area contributed by atoms with Crippen LogP contribution >= 0.6 is 15.9 Å². The highest BCUT2D eigenvalue weighted by Crippen LogP contribution is 2.33. The Hall–Kier alpha value is -2.55. The Balaban J connectivity index is 2.21. The minimum Gasteiger partial charge on any atom is -0.465 e. The van der Waals surface area contributed by atoms with Crippen LogP contribution in [0.4, 0.5) is 18.9 Å². The number of amides is 1. The SMILES string of the molecule is COC(=O)c1ccc(C(=O)Nc2ccc(Br)cc2OC(F)(F)F)cc1. The fraction of sp³-hybridized carbons (Fsp3) is 0.125. The molecule has 132 valence electrons. The second-order valence-electron chi connectivity index (χ2n) is 4.71. The van der Waals surface area contributed by atoms with Crippen molar-refractivity contribution in [1.82, 2.24) is 0 Å². The van der Waals surface area contributed by atoms with E-state index in [1.807, 2.05) is 0 Å². The predicted molar refractivity (Wildman–Crippen MR) is 86.6 cm³/mol. The maximum absolute atomic E-state index is 12.5. The lowest BCUT2D eigenvalue weighted by molar-refractivity contribution is -0.274. The summed E-state index contributed by atoms with van der Waals surface area (Å²) >= 11 is 3.04. The minimum absolute atomic E-state index is 0.147. The molecule has 0 radical (unpaired) electrons. The van der Waals surface area contributed by atoms with Gasteiger partial charge in [-0.1, -0.05) is 15.9 Å². The zero-order valence-corrected chi connectivity index (χ0v) is 14.3. The van der Waals surface area contributed by atoms with Crippen LogP contribution in [0.3, 0.4) is 0 Å². The van der Waals surface area contributed by atoms with Gasteiger partial charge in [0.15, 0.2) is 5.75 Å². The van der Waals surface area contributed by atoms with E-state index in [1.165, 1.54) is 43.5 Å². The molecule has 0 aliphatic heterocycles. The summed E-state index contributed by atoms with van der Waals surface area (Å²) in [4.78, 5) is 23.5. The van der Waals surface area contributed by atoms with E-state index in [0.717, 1.165) is 6.07 Å². The molecular weight excluding hydrogens is 407 g/mol. The standard InChI is InChI=1S/C16H11BrF3NO4/c1-24-15(23)10-4-2-9(3-5-10)14(22)21-12-7-6-11(17)8-13(12)25-16(18,19)20/h2-8H,1H3,(H,21,22). The van der Waals surface area contributed by atoms with Crippen LogP contribution in [0.5, 0.6) is 5.75 Å². The van der Waals surface area contributed by atoms with Gasteiger partial charge in [-0.25, -0.2) is 4.79 Å². The van der Waals surface area contributed by atoms with Gasteiger partial charge in [-0.3, -0.25) is 4.79 Å². The van der Waals surface area contributed by atoms with Crippen LogP contribution in [0.25, 0.3) is 0 Å². The fourth-order valence-electron chi connectivity index (χ4n) is 1.88. The monoisotopic (exact) mass is 417 g/mol. The fourth-order valence-corrected chi connectivity index (χ4v) is 2.22. The van der Waals surface area contributed by atoms with E-state index in [-0.39, 0.29) is 16.8 Å². The minimum atomic E-state index is -4.90. The first kappa shape index (κ1) is 18.8. The van der Waals surface area contributed by atoms with Gasteiger partial charge in [-0.05, 0) is 42.5 Å². The molecule has 1 N–H and O–H groups in total. The van der Waals surface area contributed by atoms with Crippen molar-refractivity contribution in [2.45, 2.75) is 6.36 Å². The van der Waals surface area contributed by atoms with Crippen molar-refractivity contribution in [3.8, 4) is 5.75 Å². The first-order chi connectivity index (χ1) is 11.7. The summed E-state index contributed by atoms with van der Waals surface area (Å²) in [5.41, 5.74) is 0.236. The van der Waals surface area contributed by atoms with Crippen LogP contribution in [0.15, 0.2) is 46.9 Å². The summed E-state index contributed by atoms with van der Waals surface area (Å²) in [5.74, 6) is -1.78. The van der Waals surface area contributed by atoms with Gasteiger partial charge in [-0.2, -0.15) is 0 Å². The molecule has 0 unspecified atom stereocenters. The molecule has 2 aromatic carbocycles. The summed E-state index contributed by atoms with van der Waals surface area (Å²) < 4.78 is 46.2. The molecule has 0 atom stereocenters. The molecule has 2 rings (SSSR count). The van der Waals surface area contributed by atoms with Crippen molar-refractivity contribution < 1.29 is 32.2 Å². The molecule has 25 heavy (non-hydrogen) atoms. The van der Waals surface area contributed by atoms with Crippen LogP contribution in [0, 0.1) is 0 Å². The van der Waals surface area contributed by atoms with Crippen LogP contribution in [0.2, 0.25) is 0 Å². The number of carbonyl (C=O) groups excluding carboxylic acids is 2. The Labute approximate surface area is 148 Å². The lowest BCUT2D eigenvalue weighted by atomic mass is 10.1. The van der Waals surface area contributed by atoms with Crippen LogP contribution in [0.1, 0.15) is 20.7 Å². The van der Waals surface area contributed by atoms with Crippen LogP contribution in [-0.2, 0) is 4.74 Å². The van der Waals surface area contributed by atoms with Crippen molar-refractivity contribution in [3.63, 3.8) is 0 Å². The molecule has 0 aliphatic rings. The Bertz CT molecular complexity index is 791. The van der Waals surface area contributed by atoms with E-state index in [9.17, 15) is 22.8 Å². The summed E-state index contributed by atoms with van der Waals surface area (Å²) in [6, 6.07) is 9.26. The molecular formula is C16H11BrF3NO4. The molecule has 2 aromatic rings. The molecule has 9 heteroatoms. The van der Waals surface area contributed by atoms with Crippen LogP contribution < -0.4 is 10.1 Å². The number of methoxy groups -OCH3 is 1. The Kier molecular flexibility index (Phi) is 5.68. The maximum atomic E-state index is 12.5. The highest BCUT2D eigenvalue weighted by atomic mass is 79.9. The molecule has 0 saturated heterocycles. The second-order valence-corrected chi connectivity index (χ2v) is 5.63. The average molecular weight is 418 g/mol. The molecule has 0 bridgehead atoms. The molecule has 0 fully saturated rings. The van der Waals surface area contributed by atoms with Gasteiger partial charge in [0.1, 0.15) is 0 Å². The number of benzene rings is 2. The molecule has 0 saturated carbocycles. The van der Waals surface area contributed by atoms with Crippen molar-refractivity contribution in [2.75, 3.05) is 12.4 Å². The smallest absolute Gasteiger partial charge is 0.465 e. The van der Waals surface area contributed by atoms with Crippen molar-refractivity contribution >= 4 is 33.5 Å². The Morgan fingerprint density at radius 3 is 2.20 bits per heavy atom. The third-order valence-electron chi connectivity index (χ3n) is 2.99. The number of hydrogen-bond donors (Lipinski definition) is 1.